The van der Waals surface area contributed by atoms with E-state index in [4.69, 9.17) is 4.74 Å². The quantitative estimate of drug-likeness (QED) is 0.502. The van der Waals surface area contributed by atoms with Crippen molar-refractivity contribution in [3.63, 3.8) is 0 Å². The molecule has 30 heavy (non-hydrogen) atoms. The van der Waals surface area contributed by atoms with E-state index in [-0.39, 0.29) is 22.3 Å². The molecule has 2 aromatic rings. The van der Waals surface area contributed by atoms with E-state index < -0.39 is 0 Å². The summed E-state index contributed by atoms with van der Waals surface area (Å²) in [5, 5.41) is 0. The standard InChI is InChI=1S/C21H26GeN3O2.3H2O/c1-23(18-9-7-17(22)8-10-18)21(26)11-12-24-13-15-25(16-14-24)19-5-3-4-6-20(19)27-2;;;/h3-10H,11-16H2,1-2H3;3*1H2. The molecule has 0 spiro atoms. The molecule has 1 aliphatic heterocycles. The Morgan fingerprint density at radius 3 is 2.20 bits per heavy atom. The fraction of sp³-hybridized carbons (Fsp3) is 0.381. The van der Waals surface area contributed by atoms with Gasteiger partial charge in [0.25, 0.3) is 0 Å². The molecule has 165 valence electrons. The number of nitrogens with zero attached hydrogens (tertiary/aromatic N) is 3. The first-order valence-electron chi connectivity index (χ1n) is 9.27. The number of piperazine rings is 1. The van der Waals surface area contributed by atoms with Gasteiger partial charge in [0.2, 0.25) is 0 Å². The predicted molar refractivity (Wildman–Crippen MR) is 122 cm³/mol. The molecule has 0 atom stereocenters. The van der Waals surface area contributed by atoms with Crippen LogP contribution in [0.1, 0.15) is 6.42 Å². The van der Waals surface area contributed by atoms with Gasteiger partial charge in [-0.15, -0.1) is 0 Å². The number of hydrogen-bond donors (Lipinski definition) is 0. The molecule has 1 heterocycles. The van der Waals surface area contributed by atoms with Gasteiger partial charge in [0, 0.05) is 0 Å². The second kappa shape index (κ2) is 13.2. The van der Waals surface area contributed by atoms with Crippen LogP contribution in [0.15, 0.2) is 48.5 Å². The number of benzene rings is 2. The van der Waals surface area contributed by atoms with Gasteiger partial charge in [-0.1, -0.05) is 12.1 Å². The molecule has 6 N–H and O–H groups in total. The average Bonchev–Trinajstić information content (AvgIpc) is 2.72. The van der Waals surface area contributed by atoms with E-state index in [1.807, 2.05) is 49.5 Å². The van der Waals surface area contributed by atoms with Crippen LogP contribution < -0.4 is 18.9 Å². The van der Waals surface area contributed by atoms with Crippen molar-refractivity contribution in [2.45, 2.75) is 6.42 Å². The molecule has 3 radical (unpaired) electrons. The summed E-state index contributed by atoms with van der Waals surface area (Å²) in [5.41, 5.74) is 2.10. The number of methoxy groups -OCH3 is 1. The molecule has 1 aliphatic rings. The summed E-state index contributed by atoms with van der Waals surface area (Å²) >= 11 is 2.05. The van der Waals surface area contributed by atoms with E-state index in [9.17, 15) is 4.79 Å². The second-order valence-electron chi connectivity index (χ2n) is 6.75. The Morgan fingerprint density at radius 1 is 1.00 bits per heavy atom. The van der Waals surface area contributed by atoms with E-state index in [2.05, 4.69) is 32.4 Å². The van der Waals surface area contributed by atoms with Gasteiger partial charge in [-0.05, 0) is 12.1 Å². The molecule has 8 nitrogen and oxygen atoms in total. The number of ether oxygens (including phenoxy) is 1. The zero-order valence-corrected chi connectivity index (χ0v) is 19.6. The van der Waals surface area contributed by atoms with Crippen molar-refractivity contribution < 1.29 is 26.0 Å². The van der Waals surface area contributed by atoms with Crippen molar-refractivity contribution in [2.75, 3.05) is 56.7 Å². The summed E-state index contributed by atoms with van der Waals surface area (Å²) < 4.78 is 6.68. The van der Waals surface area contributed by atoms with Crippen LogP contribution in [0.2, 0.25) is 0 Å². The topological polar surface area (TPSA) is 131 Å². The number of para-hydroxylation sites is 2. The van der Waals surface area contributed by atoms with E-state index >= 15 is 0 Å². The second-order valence-corrected chi connectivity index (χ2v) is 7.96. The SMILES string of the molecule is COc1ccccc1N1CCN(CCC(=O)N(C)c2cc[c]([Ge])cc2)CC1.O.O.O. The van der Waals surface area contributed by atoms with Gasteiger partial charge in [0.15, 0.2) is 0 Å². The molecule has 0 aromatic heterocycles. The molecule has 0 saturated carbocycles. The fourth-order valence-electron chi connectivity index (χ4n) is 3.35. The Balaban J connectivity index is 0.00000280. The first-order chi connectivity index (χ1) is 13.1. The molecule has 3 rings (SSSR count). The maximum absolute atomic E-state index is 12.5. The third-order valence-electron chi connectivity index (χ3n) is 5.07. The number of amides is 1. The summed E-state index contributed by atoms with van der Waals surface area (Å²) in [6, 6.07) is 16.2. The van der Waals surface area contributed by atoms with Crippen molar-refractivity contribution >= 4 is 38.2 Å². The van der Waals surface area contributed by atoms with E-state index in [1.165, 1.54) is 4.40 Å². The van der Waals surface area contributed by atoms with Crippen molar-refractivity contribution in [1.29, 1.82) is 0 Å². The van der Waals surface area contributed by atoms with Crippen molar-refractivity contribution in [3.05, 3.63) is 48.5 Å². The molecule has 9 heteroatoms. The monoisotopic (exact) mass is 480 g/mol. The Bertz CT molecular complexity index is 767. The summed E-state index contributed by atoms with van der Waals surface area (Å²) in [6.07, 6.45) is 0.541. The molecule has 1 saturated heterocycles. The van der Waals surface area contributed by atoms with E-state index in [1.54, 1.807) is 12.0 Å². The molecule has 1 amide bonds. The zero-order valence-electron chi connectivity index (χ0n) is 17.5. The number of anilines is 2. The summed E-state index contributed by atoms with van der Waals surface area (Å²) in [5.74, 6) is 1.08. The Morgan fingerprint density at radius 2 is 1.60 bits per heavy atom. The number of hydrogen-bond acceptors (Lipinski definition) is 4. The minimum atomic E-state index is 0. The van der Waals surface area contributed by atoms with E-state index in [0.29, 0.717) is 6.42 Å². The third kappa shape index (κ3) is 7.00. The van der Waals surface area contributed by atoms with Crippen LogP contribution in [0.5, 0.6) is 5.75 Å². The van der Waals surface area contributed by atoms with Gasteiger partial charge in [-0.25, -0.2) is 0 Å². The normalized spacial score (nSPS) is 13.4. The van der Waals surface area contributed by atoms with E-state index in [0.717, 1.165) is 49.8 Å². The molecule has 0 bridgehead atoms. The Labute approximate surface area is 186 Å². The van der Waals surface area contributed by atoms with Gasteiger partial charge in [0.05, 0.1) is 12.8 Å². The Kier molecular flexibility index (Phi) is 12.3. The van der Waals surface area contributed by atoms with Crippen molar-refractivity contribution in [3.8, 4) is 5.75 Å². The van der Waals surface area contributed by atoms with Crippen molar-refractivity contribution in [2.24, 2.45) is 0 Å². The number of rotatable bonds is 6. The maximum atomic E-state index is 12.5. The van der Waals surface area contributed by atoms with Crippen LogP contribution in [-0.4, -0.2) is 90.6 Å². The van der Waals surface area contributed by atoms with Gasteiger partial charge in [-0.3, -0.25) is 0 Å². The zero-order chi connectivity index (χ0) is 19.2. The van der Waals surface area contributed by atoms with Gasteiger partial charge >= 0.3 is 122 Å². The first-order valence-corrected chi connectivity index (χ1v) is 10.3. The largest absolute Gasteiger partial charge is 0.412 e. The van der Waals surface area contributed by atoms with Crippen LogP contribution in [-0.2, 0) is 4.79 Å². The Hall–Kier alpha value is -2.11. The van der Waals surface area contributed by atoms with Crippen molar-refractivity contribution in [1.82, 2.24) is 4.90 Å². The third-order valence-corrected chi connectivity index (χ3v) is 5.77. The molecule has 0 aliphatic carbocycles. The van der Waals surface area contributed by atoms with Crippen LogP contribution in [0.4, 0.5) is 11.4 Å². The average molecular weight is 479 g/mol. The molecule has 0 unspecified atom stereocenters. The molecule has 2 aromatic carbocycles. The first kappa shape index (κ1) is 27.9. The molecular formula is C21H32GeN3O5. The van der Waals surface area contributed by atoms with Crippen LogP contribution in [0.25, 0.3) is 0 Å². The molecule has 1 fully saturated rings. The minimum absolute atomic E-state index is 0. The minimum Gasteiger partial charge on any atom is -0.412 e. The number of carbonyl (C=O) groups excluding carboxylic acids is 1. The summed E-state index contributed by atoms with van der Waals surface area (Å²) in [7, 11) is 3.57. The van der Waals surface area contributed by atoms with Crippen LogP contribution >= 0.6 is 0 Å². The van der Waals surface area contributed by atoms with Gasteiger partial charge < -0.3 is 21.2 Å². The van der Waals surface area contributed by atoms with Crippen LogP contribution in [0, 0.1) is 0 Å². The predicted octanol–water partition coefficient (Wildman–Crippen LogP) is -0.810. The van der Waals surface area contributed by atoms with Crippen LogP contribution in [0.3, 0.4) is 0 Å². The number of carbonyl (C=O) groups is 1. The fourth-order valence-corrected chi connectivity index (χ4v) is 3.70. The maximum Gasteiger partial charge on any atom is -0.412 e. The van der Waals surface area contributed by atoms with Gasteiger partial charge in [-0.2, -0.15) is 0 Å². The summed E-state index contributed by atoms with van der Waals surface area (Å²) in [6.45, 7) is 4.61. The van der Waals surface area contributed by atoms with Gasteiger partial charge in [0.1, 0.15) is 5.75 Å². The smallest absolute Gasteiger partial charge is 0.412 e. The summed E-state index contributed by atoms with van der Waals surface area (Å²) in [4.78, 5) is 19.0. The molecular weight excluding hydrogens is 447 g/mol.